The van der Waals surface area contributed by atoms with Gasteiger partial charge >= 0.3 is 0 Å². The third-order valence-electron chi connectivity index (χ3n) is 1.40. The standard InChI is InChI=1S/C7H6N2O/c10-6-2-1-4-9-5-3-8-7(6)9/h1-5,10H. The Balaban J connectivity index is 2.95. The average Bonchev–Trinajstić information content (AvgIpc) is 2.36. The van der Waals surface area contributed by atoms with Crippen molar-refractivity contribution in [3.8, 4) is 5.75 Å². The fourth-order valence-corrected chi connectivity index (χ4v) is 0.933. The monoisotopic (exact) mass is 134 g/mol. The van der Waals surface area contributed by atoms with Crippen LogP contribution < -0.4 is 0 Å². The van der Waals surface area contributed by atoms with Gasteiger partial charge in [0.2, 0.25) is 0 Å². The molecular weight excluding hydrogens is 128 g/mol. The molecule has 0 aliphatic rings. The number of imidazole rings is 1. The number of rotatable bonds is 0. The van der Waals surface area contributed by atoms with Gasteiger partial charge in [0.15, 0.2) is 11.4 Å². The van der Waals surface area contributed by atoms with Gasteiger partial charge in [-0.1, -0.05) is 0 Å². The van der Waals surface area contributed by atoms with Gasteiger partial charge in [0.25, 0.3) is 0 Å². The first kappa shape index (κ1) is 5.29. The Hall–Kier alpha value is -1.51. The molecule has 2 aromatic rings. The Kier molecular flexibility index (Phi) is 0.917. The van der Waals surface area contributed by atoms with Gasteiger partial charge < -0.3 is 9.51 Å². The number of nitrogens with zero attached hydrogens (tertiary/aromatic N) is 2. The van der Waals surface area contributed by atoms with E-state index in [9.17, 15) is 5.11 Å². The Morgan fingerprint density at radius 1 is 1.40 bits per heavy atom. The molecule has 0 amide bonds. The molecule has 0 radical (unpaired) electrons. The molecule has 0 saturated heterocycles. The second kappa shape index (κ2) is 1.73. The Morgan fingerprint density at radius 2 is 2.30 bits per heavy atom. The quantitative estimate of drug-likeness (QED) is 0.584. The molecule has 0 aliphatic carbocycles. The fraction of sp³-hybridized carbons (Fsp3) is 0. The van der Waals surface area contributed by atoms with Crippen LogP contribution in [0.2, 0.25) is 0 Å². The lowest BCUT2D eigenvalue weighted by atomic mass is 10.4. The Labute approximate surface area is 57.6 Å². The maximum atomic E-state index is 9.18. The third kappa shape index (κ3) is 0.572. The summed E-state index contributed by atoms with van der Waals surface area (Å²) < 4.78 is 1.76. The van der Waals surface area contributed by atoms with Gasteiger partial charge in [-0.15, -0.1) is 0 Å². The minimum Gasteiger partial charge on any atom is -0.504 e. The summed E-state index contributed by atoms with van der Waals surface area (Å²) in [6.45, 7) is 0. The zero-order valence-electron chi connectivity index (χ0n) is 5.23. The highest BCUT2D eigenvalue weighted by molar-refractivity contribution is 5.51. The van der Waals surface area contributed by atoms with Gasteiger partial charge in [-0.25, -0.2) is 4.98 Å². The lowest BCUT2D eigenvalue weighted by Crippen LogP contribution is -1.80. The zero-order chi connectivity index (χ0) is 6.97. The summed E-state index contributed by atoms with van der Waals surface area (Å²) in [4.78, 5) is 3.93. The van der Waals surface area contributed by atoms with Crippen molar-refractivity contribution in [2.45, 2.75) is 0 Å². The molecule has 10 heavy (non-hydrogen) atoms. The van der Waals surface area contributed by atoms with Crippen LogP contribution in [0.25, 0.3) is 5.65 Å². The molecule has 1 N–H and O–H groups in total. The third-order valence-corrected chi connectivity index (χ3v) is 1.40. The zero-order valence-corrected chi connectivity index (χ0v) is 5.23. The number of hydrogen-bond acceptors (Lipinski definition) is 2. The normalized spacial score (nSPS) is 10.4. The van der Waals surface area contributed by atoms with Crippen LogP contribution in [0.1, 0.15) is 0 Å². The summed E-state index contributed by atoms with van der Waals surface area (Å²) in [6.07, 6.45) is 5.27. The van der Waals surface area contributed by atoms with Gasteiger partial charge in [-0.3, -0.25) is 0 Å². The van der Waals surface area contributed by atoms with Crippen LogP contribution in [-0.4, -0.2) is 14.5 Å². The van der Waals surface area contributed by atoms with E-state index in [0.29, 0.717) is 5.65 Å². The summed E-state index contributed by atoms with van der Waals surface area (Å²) >= 11 is 0. The van der Waals surface area contributed by atoms with Crippen molar-refractivity contribution in [2.24, 2.45) is 0 Å². The molecule has 2 heterocycles. The van der Waals surface area contributed by atoms with E-state index < -0.39 is 0 Å². The van der Waals surface area contributed by atoms with Crippen LogP contribution in [0, 0.1) is 0 Å². The average molecular weight is 134 g/mol. The van der Waals surface area contributed by atoms with E-state index >= 15 is 0 Å². The van der Waals surface area contributed by atoms with Crippen molar-refractivity contribution < 1.29 is 5.11 Å². The van der Waals surface area contributed by atoms with E-state index in [-0.39, 0.29) is 5.75 Å². The van der Waals surface area contributed by atoms with Gasteiger partial charge in [0.05, 0.1) is 0 Å². The molecule has 0 atom stereocenters. The maximum Gasteiger partial charge on any atom is 0.179 e. The molecule has 0 bridgehead atoms. The first-order chi connectivity index (χ1) is 4.88. The summed E-state index contributed by atoms with van der Waals surface area (Å²) in [6, 6.07) is 3.38. The summed E-state index contributed by atoms with van der Waals surface area (Å²) in [5.74, 6) is 0.215. The van der Waals surface area contributed by atoms with Crippen molar-refractivity contribution in [3.05, 3.63) is 30.7 Å². The Bertz CT molecular complexity index is 353. The van der Waals surface area contributed by atoms with E-state index in [4.69, 9.17) is 0 Å². The number of pyridine rings is 1. The van der Waals surface area contributed by atoms with Crippen LogP contribution in [0.5, 0.6) is 5.75 Å². The number of aromatic nitrogens is 2. The number of fused-ring (bicyclic) bond motifs is 1. The van der Waals surface area contributed by atoms with Crippen molar-refractivity contribution >= 4 is 5.65 Å². The lowest BCUT2D eigenvalue weighted by Gasteiger charge is -1.92. The van der Waals surface area contributed by atoms with Crippen molar-refractivity contribution in [1.29, 1.82) is 0 Å². The van der Waals surface area contributed by atoms with Crippen LogP contribution >= 0.6 is 0 Å². The van der Waals surface area contributed by atoms with Crippen molar-refractivity contribution in [1.82, 2.24) is 9.38 Å². The Morgan fingerprint density at radius 3 is 3.10 bits per heavy atom. The molecule has 0 aromatic carbocycles. The number of hydrogen-bond donors (Lipinski definition) is 1. The minimum atomic E-state index is 0.215. The SMILES string of the molecule is Oc1cccn2ccnc12. The molecule has 0 spiro atoms. The predicted molar refractivity (Wildman–Crippen MR) is 36.9 cm³/mol. The first-order valence-corrected chi connectivity index (χ1v) is 2.98. The molecule has 0 unspecified atom stereocenters. The maximum absolute atomic E-state index is 9.18. The second-order valence-electron chi connectivity index (χ2n) is 2.05. The lowest BCUT2D eigenvalue weighted by molar-refractivity contribution is 0.477. The largest absolute Gasteiger partial charge is 0.504 e. The first-order valence-electron chi connectivity index (χ1n) is 2.98. The summed E-state index contributed by atoms with van der Waals surface area (Å²) in [7, 11) is 0. The number of aromatic hydroxyl groups is 1. The molecule has 2 rings (SSSR count). The molecule has 3 nitrogen and oxygen atoms in total. The second-order valence-corrected chi connectivity index (χ2v) is 2.05. The van der Waals surface area contributed by atoms with Crippen LogP contribution in [0.15, 0.2) is 30.7 Å². The van der Waals surface area contributed by atoms with E-state index in [0.717, 1.165) is 0 Å². The van der Waals surface area contributed by atoms with Gasteiger partial charge in [-0.05, 0) is 12.1 Å². The molecule has 0 saturated carbocycles. The van der Waals surface area contributed by atoms with Crippen molar-refractivity contribution in [2.75, 3.05) is 0 Å². The van der Waals surface area contributed by atoms with E-state index in [1.807, 2.05) is 6.20 Å². The smallest absolute Gasteiger partial charge is 0.179 e. The van der Waals surface area contributed by atoms with Crippen LogP contribution in [0.4, 0.5) is 0 Å². The van der Waals surface area contributed by atoms with E-state index in [1.54, 1.807) is 28.9 Å². The van der Waals surface area contributed by atoms with Gasteiger partial charge in [0, 0.05) is 18.6 Å². The molecule has 0 fully saturated rings. The molecule has 3 heteroatoms. The van der Waals surface area contributed by atoms with E-state index in [1.165, 1.54) is 0 Å². The van der Waals surface area contributed by atoms with Crippen LogP contribution in [0.3, 0.4) is 0 Å². The highest BCUT2D eigenvalue weighted by atomic mass is 16.3. The minimum absolute atomic E-state index is 0.215. The molecule has 50 valence electrons. The highest BCUT2D eigenvalue weighted by Gasteiger charge is 1.96. The predicted octanol–water partition coefficient (Wildman–Crippen LogP) is 1.04. The van der Waals surface area contributed by atoms with Crippen LogP contribution in [-0.2, 0) is 0 Å². The topological polar surface area (TPSA) is 37.5 Å². The summed E-state index contributed by atoms with van der Waals surface area (Å²) in [5, 5.41) is 9.18. The molecular formula is C7H6N2O. The molecule has 2 aromatic heterocycles. The molecule has 0 aliphatic heterocycles. The van der Waals surface area contributed by atoms with Crippen molar-refractivity contribution in [3.63, 3.8) is 0 Å². The van der Waals surface area contributed by atoms with Gasteiger partial charge in [0.1, 0.15) is 0 Å². The highest BCUT2D eigenvalue weighted by Crippen LogP contribution is 2.13. The fourth-order valence-electron chi connectivity index (χ4n) is 0.933. The van der Waals surface area contributed by atoms with E-state index in [2.05, 4.69) is 4.98 Å². The van der Waals surface area contributed by atoms with Gasteiger partial charge in [-0.2, -0.15) is 0 Å². The summed E-state index contributed by atoms with van der Waals surface area (Å²) in [5.41, 5.74) is 0.600.